The molecule has 1 aromatic rings. The average molecular weight is 231 g/mol. The summed E-state index contributed by atoms with van der Waals surface area (Å²) in [5, 5.41) is -0.0301. The van der Waals surface area contributed by atoms with E-state index in [1.165, 1.54) is 25.0 Å². The highest BCUT2D eigenvalue weighted by Gasteiger charge is 2.24. The zero-order valence-electron chi connectivity index (χ0n) is 8.35. The number of halogens is 3. The fraction of sp³-hybridized carbons (Fsp3) is 0.500. The standard InChI is InChI=1S/C12H13ClF2/c13-10(5-8-1-2-8)6-9-3-4-11(14)7-12(9)15/h3-4,7-8,10H,1-2,5-6H2. The minimum absolute atomic E-state index is 0.0301. The van der Waals surface area contributed by atoms with Crippen molar-refractivity contribution in [3.8, 4) is 0 Å². The molecule has 2 rings (SSSR count). The molecule has 0 bridgehead atoms. The lowest BCUT2D eigenvalue weighted by Gasteiger charge is -2.09. The Kier molecular flexibility index (Phi) is 3.25. The fourth-order valence-electron chi connectivity index (χ4n) is 1.72. The van der Waals surface area contributed by atoms with E-state index in [2.05, 4.69) is 0 Å². The number of hydrogen-bond acceptors (Lipinski definition) is 0. The van der Waals surface area contributed by atoms with Gasteiger partial charge in [0.2, 0.25) is 0 Å². The molecule has 0 amide bonds. The average Bonchev–Trinajstić information content (AvgIpc) is 2.94. The van der Waals surface area contributed by atoms with Crippen LogP contribution in [0.3, 0.4) is 0 Å². The Morgan fingerprint density at radius 2 is 2.07 bits per heavy atom. The van der Waals surface area contributed by atoms with Crippen LogP contribution < -0.4 is 0 Å². The van der Waals surface area contributed by atoms with Crippen molar-refractivity contribution in [3.63, 3.8) is 0 Å². The molecule has 3 heteroatoms. The van der Waals surface area contributed by atoms with E-state index in [0.29, 0.717) is 12.0 Å². The van der Waals surface area contributed by atoms with Gasteiger partial charge in [0.25, 0.3) is 0 Å². The first-order chi connectivity index (χ1) is 7.15. The summed E-state index contributed by atoms with van der Waals surface area (Å²) in [6, 6.07) is 3.67. The molecule has 0 heterocycles. The van der Waals surface area contributed by atoms with Crippen molar-refractivity contribution in [2.45, 2.75) is 31.1 Å². The minimum Gasteiger partial charge on any atom is -0.207 e. The molecular weight excluding hydrogens is 218 g/mol. The monoisotopic (exact) mass is 230 g/mol. The van der Waals surface area contributed by atoms with Crippen molar-refractivity contribution < 1.29 is 8.78 Å². The summed E-state index contributed by atoms with van der Waals surface area (Å²) in [7, 11) is 0. The first-order valence-corrected chi connectivity index (χ1v) is 5.67. The highest BCUT2D eigenvalue weighted by Crippen LogP contribution is 2.35. The fourth-order valence-corrected chi connectivity index (χ4v) is 2.14. The number of alkyl halides is 1. The Labute approximate surface area is 93.2 Å². The first-order valence-electron chi connectivity index (χ1n) is 5.23. The number of hydrogen-bond donors (Lipinski definition) is 0. The lowest BCUT2D eigenvalue weighted by Crippen LogP contribution is -2.06. The van der Waals surface area contributed by atoms with E-state index >= 15 is 0 Å². The van der Waals surface area contributed by atoms with E-state index in [-0.39, 0.29) is 5.38 Å². The van der Waals surface area contributed by atoms with Gasteiger partial charge in [-0.25, -0.2) is 8.78 Å². The van der Waals surface area contributed by atoms with Crippen LogP contribution in [0.1, 0.15) is 24.8 Å². The summed E-state index contributed by atoms with van der Waals surface area (Å²) in [6.45, 7) is 0. The van der Waals surface area contributed by atoms with Crippen LogP contribution in [0, 0.1) is 17.6 Å². The molecule has 1 aliphatic rings. The van der Waals surface area contributed by atoms with Crippen LogP contribution >= 0.6 is 11.6 Å². The van der Waals surface area contributed by atoms with Crippen molar-refractivity contribution in [1.82, 2.24) is 0 Å². The quantitative estimate of drug-likeness (QED) is 0.688. The van der Waals surface area contributed by atoms with Gasteiger partial charge in [0.05, 0.1) is 0 Å². The van der Waals surface area contributed by atoms with Gasteiger partial charge in [0.15, 0.2) is 0 Å². The van der Waals surface area contributed by atoms with E-state index in [1.807, 2.05) is 0 Å². The maximum Gasteiger partial charge on any atom is 0.129 e. The largest absolute Gasteiger partial charge is 0.207 e. The Bertz CT molecular complexity index is 347. The zero-order chi connectivity index (χ0) is 10.8. The van der Waals surface area contributed by atoms with Crippen LogP contribution in [0.4, 0.5) is 8.78 Å². The predicted octanol–water partition coefficient (Wildman–Crippen LogP) is 3.91. The van der Waals surface area contributed by atoms with Gasteiger partial charge in [-0.15, -0.1) is 11.6 Å². The van der Waals surface area contributed by atoms with Crippen LogP contribution in [0.25, 0.3) is 0 Å². The Balaban J connectivity index is 1.96. The van der Waals surface area contributed by atoms with Gasteiger partial charge in [0, 0.05) is 11.4 Å². The third kappa shape index (κ3) is 3.16. The van der Waals surface area contributed by atoms with E-state index in [4.69, 9.17) is 11.6 Å². The van der Waals surface area contributed by atoms with Gasteiger partial charge in [-0.3, -0.25) is 0 Å². The zero-order valence-corrected chi connectivity index (χ0v) is 9.11. The van der Waals surface area contributed by atoms with E-state index in [0.717, 1.165) is 18.4 Å². The molecule has 1 saturated carbocycles. The molecule has 0 aromatic heterocycles. The molecule has 1 atom stereocenters. The molecule has 0 spiro atoms. The summed E-state index contributed by atoms with van der Waals surface area (Å²) >= 11 is 6.10. The maximum atomic E-state index is 13.3. The van der Waals surface area contributed by atoms with Crippen molar-refractivity contribution in [2.75, 3.05) is 0 Å². The molecule has 0 radical (unpaired) electrons. The van der Waals surface area contributed by atoms with Gasteiger partial charge in [-0.05, 0) is 30.4 Å². The summed E-state index contributed by atoms with van der Waals surface area (Å²) in [4.78, 5) is 0. The third-order valence-corrected chi connectivity index (χ3v) is 3.08. The summed E-state index contributed by atoms with van der Waals surface area (Å²) in [5.41, 5.74) is 0.511. The molecule has 15 heavy (non-hydrogen) atoms. The second-order valence-corrected chi connectivity index (χ2v) is 4.83. The topological polar surface area (TPSA) is 0 Å². The van der Waals surface area contributed by atoms with Crippen molar-refractivity contribution in [2.24, 2.45) is 5.92 Å². The molecule has 1 aliphatic carbocycles. The van der Waals surface area contributed by atoms with Crippen LogP contribution in [0.5, 0.6) is 0 Å². The highest BCUT2D eigenvalue weighted by molar-refractivity contribution is 6.20. The maximum absolute atomic E-state index is 13.3. The van der Waals surface area contributed by atoms with Crippen molar-refractivity contribution in [1.29, 1.82) is 0 Å². The summed E-state index contributed by atoms with van der Waals surface area (Å²) in [6.07, 6.45) is 3.92. The minimum atomic E-state index is -0.537. The van der Waals surface area contributed by atoms with Gasteiger partial charge in [0.1, 0.15) is 11.6 Å². The van der Waals surface area contributed by atoms with Crippen LogP contribution in [-0.4, -0.2) is 5.38 Å². The Morgan fingerprint density at radius 1 is 1.33 bits per heavy atom. The first kappa shape index (κ1) is 10.9. The van der Waals surface area contributed by atoms with Gasteiger partial charge in [-0.1, -0.05) is 18.9 Å². The van der Waals surface area contributed by atoms with E-state index in [1.54, 1.807) is 0 Å². The van der Waals surface area contributed by atoms with Crippen molar-refractivity contribution in [3.05, 3.63) is 35.4 Å². The second-order valence-electron chi connectivity index (χ2n) is 4.22. The number of benzene rings is 1. The lowest BCUT2D eigenvalue weighted by atomic mass is 10.1. The van der Waals surface area contributed by atoms with E-state index < -0.39 is 11.6 Å². The Morgan fingerprint density at radius 3 is 2.67 bits per heavy atom. The van der Waals surface area contributed by atoms with Crippen LogP contribution in [0.15, 0.2) is 18.2 Å². The van der Waals surface area contributed by atoms with Gasteiger partial charge >= 0.3 is 0 Å². The lowest BCUT2D eigenvalue weighted by molar-refractivity contribution is 0.565. The summed E-state index contributed by atoms with van der Waals surface area (Å²) in [5.74, 6) is -0.294. The normalized spacial score (nSPS) is 17.8. The molecule has 1 aromatic carbocycles. The van der Waals surface area contributed by atoms with Crippen LogP contribution in [0.2, 0.25) is 0 Å². The second kappa shape index (κ2) is 4.48. The van der Waals surface area contributed by atoms with Gasteiger partial charge in [-0.2, -0.15) is 0 Å². The molecular formula is C12H13ClF2. The molecule has 0 saturated heterocycles. The predicted molar refractivity (Wildman–Crippen MR) is 57.0 cm³/mol. The molecule has 1 fully saturated rings. The molecule has 1 unspecified atom stereocenters. The van der Waals surface area contributed by atoms with E-state index in [9.17, 15) is 8.78 Å². The van der Waals surface area contributed by atoms with Gasteiger partial charge < -0.3 is 0 Å². The summed E-state index contributed by atoms with van der Waals surface area (Å²) < 4.78 is 25.9. The Hall–Kier alpha value is -0.630. The van der Waals surface area contributed by atoms with Crippen LogP contribution in [-0.2, 0) is 6.42 Å². The highest BCUT2D eigenvalue weighted by atomic mass is 35.5. The molecule has 82 valence electrons. The molecule has 0 aliphatic heterocycles. The smallest absolute Gasteiger partial charge is 0.129 e. The number of rotatable bonds is 4. The third-order valence-electron chi connectivity index (χ3n) is 2.74. The van der Waals surface area contributed by atoms with Crippen molar-refractivity contribution >= 4 is 11.6 Å². The SMILES string of the molecule is Fc1ccc(CC(Cl)CC2CC2)c(F)c1. The molecule has 0 nitrogen and oxygen atoms in total. The molecule has 0 N–H and O–H groups in total.